The fraction of sp³-hybridized carbons (Fsp3) is 0.148. The van der Waals surface area contributed by atoms with Crippen LogP contribution in [-0.2, 0) is 16.2 Å². The predicted octanol–water partition coefficient (Wildman–Crippen LogP) is 5.43. The molecular weight excluding hydrogens is 671 g/mol. The van der Waals surface area contributed by atoms with Crippen LogP contribution in [0.5, 0.6) is 23.0 Å². The summed E-state index contributed by atoms with van der Waals surface area (Å²) in [4.78, 5) is 39.5. The van der Waals surface area contributed by atoms with Crippen LogP contribution in [0.25, 0.3) is 6.08 Å². The number of barbiturate groups is 1. The summed E-state index contributed by atoms with van der Waals surface area (Å²) in [6.07, 6.45) is 1.42. The molecule has 9 nitrogen and oxygen atoms in total. The molecule has 3 aromatic rings. The first-order valence-electron chi connectivity index (χ1n) is 11.5. The van der Waals surface area contributed by atoms with Gasteiger partial charge in [-0.05, 0) is 83.1 Å². The maximum Gasteiger partial charge on any atom is 0.335 e. The lowest BCUT2D eigenvalue weighted by molar-refractivity contribution is -0.122. The molecule has 194 valence electrons. The highest BCUT2D eigenvalue weighted by Crippen LogP contribution is 2.38. The smallest absolute Gasteiger partial charge is 0.335 e. The monoisotopic (exact) mass is 690 g/mol. The Morgan fingerprint density at radius 3 is 2.55 bits per heavy atom. The number of halogens is 2. The second-order valence-electron chi connectivity index (χ2n) is 8.17. The van der Waals surface area contributed by atoms with Crippen molar-refractivity contribution in [1.82, 2.24) is 5.32 Å². The average molecular weight is 691 g/mol. The van der Waals surface area contributed by atoms with E-state index in [0.717, 1.165) is 18.5 Å². The zero-order chi connectivity index (χ0) is 26.8. The van der Waals surface area contributed by atoms with E-state index in [9.17, 15) is 14.4 Å². The van der Waals surface area contributed by atoms with Gasteiger partial charge < -0.3 is 18.9 Å². The molecule has 2 heterocycles. The summed E-state index contributed by atoms with van der Waals surface area (Å²) in [5.74, 6) is 0.373. The molecule has 0 bridgehead atoms. The summed E-state index contributed by atoms with van der Waals surface area (Å²) >= 11 is 5.54. The van der Waals surface area contributed by atoms with Gasteiger partial charge >= 0.3 is 6.03 Å². The van der Waals surface area contributed by atoms with Crippen LogP contribution in [0.1, 0.15) is 18.1 Å². The van der Waals surface area contributed by atoms with Crippen molar-refractivity contribution in [2.75, 3.05) is 18.3 Å². The van der Waals surface area contributed by atoms with E-state index in [0.29, 0.717) is 41.8 Å². The number of imide groups is 2. The first kappa shape index (κ1) is 26.0. The number of benzene rings is 3. The molecule has 11 heteroatoms. The van der Waals surface area contributed by atoms with Gasteiger partial charge in [0.1, 0.15) is 12.2 Å². The van der Waals surface area contributed by atoms with Gasteiger partial charge in [-0.3, -0.25) is 14.9 Å². The predicted molar refractivity (Wildman–Crippen MR) is 150 cm³/mol. The van der Waals surface area contributed by atoms with Crippen molar-refractivity contribution in [3.05, 3.63) is 79.3 Å². The maximum atomic E-state index is 13.3. The zero-order valence-electron chi connectivity index (χ0n) is 20.0. The first-order valence-corrected chi connectivity index (χ1v) is 13.4. The number of ether oxygens (including phenoxy) is 4. The Bertz CT molecular complexity index is 1470. The van der Waals surface area contributed by atoms with Crippen molar-refractivity contribution in [1.29, 1.82) is 0 Å². The summed E-state index contributed by atoms with van der Waals surface area (Å²) in [5, 5.41) is 2.23. The minimum absolute atomic E-state index is 0.0478. The number of hydrogen-bond acceptors (Lipinski definition) is 7. The number of fused-ring (bicyclic) bond motifs is 1. The molecule has 1 saturated heterocycles. The van der Waals surface area contributed by atoms with Crippen molar-refractivity contribution in [2.24, 2.45) is 0 Å². The summed E-state index contributed by atoms with van der Waals surface area (Å²) in [7, 11) is 0. The lowest BCUT2D eigenvalue weighted by Gasteiger charge is -2.26. The molecule has 0 atom stereocenters. The molecule has 5 rings (SSSR count). The molecule has 38 heavy (non-hydrogen) atoms. The highest BCUT2D eigenvalue weighted by molar-refractivity contribution is 14.1. The van der Waals surface area contributed by atoms with E-state index in [1.165, 1.54) is 12.1 Å². The molecule has 0 radical (unpaired) electrons. The van der Waals surface area contributed by atoms with E-state index in [4.69, 9.17) is 18.9 Å². The van der Waals surface area contributed by atoms with Crippen LogP contribution in [-0.4, -0.2) is 31.2 Å². The minimum Gasteiger partial charge on any atom is -0.490 e. The van der Waals surface area contributed by atoms with Gasteiger partial charge in [-0.2, -0.15) is 0 Å². The first-order chi connectivity index (χ1) is 18.3. The van der Waals surface area contributed by atoms with E-state index >= 15 is 0 Å². The van der Waals surface area contributed by atoms with Crippen molar-refractivity contribution in [3.8, 4) is 23.0 Å². The van der Waals surface area contributed by atoms with Crippen LogP contribution in [0.3, 0.4) is 0 Å². The Kier molecular flexibility index (Phi) is 7.56. The van der Waals surface area contributed by atoms with Gasteiger partial charge in [0.15, 0.2) is 23.0 Å². The number of rotatable bonds is 7. The lowest BCUT2D eigenvalue weighted by Crippen LogP contribution is -2.54. The number of hydrogen-bond donors (Lipinski definition) is 1. The molecule has 2 aliphatic rings. The number of nitrogens with one attached hydrogen (secondary N) is 1. The fourth-order valence-corrected chi connectivity index (χ4v) is 4.94. The second kappa shape index (κ2) is 11.0. The fourth-order valence-electron chi connectivity index (χ4n) is 3.89. The van der Waals surface area contributed by atoms with Crippen LogP contribution in [0.4, 0.5) is 10.5 Å². The van der Waals surface area contributed by atoms with Crippen molar-refractivity contribution >= 4 is 68.1 Å². The number of carbonyl (C=O) groups excluding carboxylic acids is 3. The number of urea groups is 1. The van der Waals surface area contributed by atoms with Crippen LogP contribution in [0.2, 0.25) is 0 Å². The average Bonchev–Trinajstić information content (AvgIpc) is 3.35. The molecule has 0 spiro atoms. The van der Waals surface area contributed by atoms with Gasteiger partial charge in [-0.25, -0.2) is 9.69 Å². The molecule has 4 amide bonds. The minimum atomic E-state index is -0.850. The van der Waals surface area contributed by atoms with E-state index in [2.05, 4.69) is 43.8 Å². The Hall–Kier alpha value is -3.58. The van der Waals surface area contributed by atoms with Crippen LogP contribution < -0.4 is 29.2 Å². The highest BCUT2D eigenvalue weighted by atomic mass is 127. The summed E-state index contributed by atoms with van der Waals surface area (Å²) < 4.78 is 24.2. The zero-order valence-corrected chi connectivity index (χ0v) is 23.7. The van der Waals surface area contributed by atoms with Crippen LogP contribution >= 0.6 is 38.5 Å². The molecule has 0 aliphatic carbocycles. The SMILES string of the molecule is CCOc1cc(/C=C2\C(=O)NC(=O)N(c3ccc4c(c3)OCO4)C2=O)cc(I)c1OCc1ccc(Br)cc1. The third-order valence-corrected chi connectivity index (χ3v) is 6.99. The number of amides is 4. The molecule has 0 saturated carbocycles. The standard InChI is InChI=1S/C27H20BrIN2O7/c1-2-35-23-11-16(10-20(29)24(23)36-13-15-3-5-17(28)6-4-15)9-19-25(32)30-27(34)31(26(19)33)18-7-8-21-22(12-18)38-14-37-21/h3-12H,2,13-14H2,1H3,(H,30,32,34)/b19-9+. The van der Waals surface area contributed by atoms with E-state index in [-0.39, 0.29) is 18.1 Å². The Labute approximate surface area is 240 Å². The van der Waals surface area contributed by atoms with Crippen molar-refractivity contribution in [2.45, 2.75) is 13.5 Å². The molecule has 2 aliphatic heterocycles. The Balaban J connectivity index is 1.44. The van der Waals surface area contributed by atoms with Gasteiger partial charge in [0.05, 0.1) is 15.9 Å². The van der Waals surface area contributed by atoms with E-state index in [1.807, 2.05) is 31.2 Å². The van der Waals surface area contributed by atoms with Gasteiger partial charge in [0.25, 0.3) is 11.8 Å². The van der Waals surface area contributed by atoms with Crippen molar-refractivity contribution < 1.29 is 33.3 Å². The largest absolute Gasteiger partial charge is 0.490 e. The Morgan fingerprint density at radius 1 is 1.03 bits per heavy atom. The molecule has 0 unspecified atom stereocenters. The summed E-state index contributed by atoms with van der Waals surface area (Å²) in [6.45, 7) is 2.61. The molecule has 1 N–H and O–H groups in total. The highest BCUT2D eigenvalue weighted by Gasteiger charge is 2.37. The van der Waals surface area contributed by atoms with Gasteiger partial charge in [0.2, 0.25) is 6.79 Å². The van der Waals surface area contributed by atoms with Crippen molar-refractivity contribution in [3.63, 3.8) is 0 Å². The molecule has 0 aromatic heterocycles. The number of carbonyl (C=O) groups is 3. The summed E-state index contributed by atoms with van der Waals surface area (Å²) in [6, 6.07) is 15.1. The van der Waals surface area contributed by atoms with E-state index < -0.39 is 17.8 Å². The van der Waals surface area contributed by atoms with Crippen LogP contribution in [0, 0.1) is 3.57 Å². The maximum absolute atomic E-state index is 13.3. The molecule has 3 aromatic carbocycles. The molecule has 1 fully saturated rings. The third kappa shape index (κ3) is 5.34. The van der Waals surface area contributed by atoms with Gasteiger partial charge in [0, 0.05) is 10.5 Å². The second-order valence-corrected chi connectivity index (χ2v) is 10.3. The summed E-state index contributed by atoms with van der Waals surface area (Å²) in [5.41, 5.74) is 1.56. The number of nitrogens with zero attached hydrogens (tertiary/aromatic N) is 1. The Morgan fingerprint density at radius 2 is 1.79 bits per heavy atom. The lowest BCUT2D eigenvalue weighted by atomic mass is 10.1. The topological polar surface area (TPSA) is 103 Å². The van der Waals surface area contributed by atoms with Gasteiger partial charge in [-0.1, -0.05) is 28.1 Å². The van der Waals surface area contributed by atoms with Crippen LogP contribution in [0.15, 0.2) is 64.6 Å². The molecular formula is C27H20BrIN2O7. The number of anilines is 1. The third-order valence-electron chi connectivity index (χ3n) is 5.66. The normalized spacial score (nSPS) is 15.6. The quantitative estimate of drug-likeness (QED) is 0.201. The van der Waals surface area contributed by atoms with E-state index in [1.54, 1.807) is 24.3 Å². The van der Waals surface area contributed by atoms with Gasteiger partial charge in [-0.15, -0.1) is 0 Å².